The number of fused-ring (bicyclic) bond motifs is 2. The van der Waals surface area contributed by atoms with Crippen LogP contribution in [-0.4, -0.2) is 75.4 Å². The molecule has 1 unspecified atom stereocenters. The first kappa shape index (κ1) is 22.9. The molecule has 1 N–H and O–H groups in total. The van der Waals surface area contributed by atoms with E-state index in [0.717, 1.165) is 42.0 Å². The number of methoxy groups -OCH3 is 1. The zero-order valence-electron chi connectivity index (χ0n) is 19.5. The zero-order valence-corrected chi connectivity index (χ0v) is 19.5. The van der Waals surface area contributed by atoms with Crippen molar-refractivity contribution in [2.75, 3.05) is 39.1 Å². The van der Waals surface area contributed by atoms with Gasteiger partial charge in [0.2, 0.25) is 11.9 Å². The topological polar surface area (TPSA) is 88.4 Å². The number of nitrogens with one attached hydrogen (secondary N) is 1. The van der Waals surface area contributed by atoms with Crippen LogP contribution in [0.25, 0.3) is 11.0 Å². The summed E-state index contributed by atoms with van der Waals surface area (Å²) in [6.07, 6.45) is 4.30. The minimum Gasteiger partial charge on any atom is -0.495 e. The van der Waals surface area contributed by atoms with E-state index in [1.807, 2.05) is 7.05 Å². The Morgan fingerprint density at radius 3 is 2.70 bits per heavy atom. The summed E-state index contributed by atoms with van der Waals surface area (Å²) in [6, 6.07) is 4.26. The van der Waals surface area contributed by atoms with Crippen molar-refractivity contribution in [3.8, 4) is 5.75 Å². The largest absolute Gasteiger partial charge is 0.495 e. The fourth-order valence-electron chi connectivity index (χ4n) is 4.11. The molecule has 2 aliphatic rings. The number of hydrogen-bond acceptors (Lipinski definition) is 7. The summed E-state index contributed by atoms with van der Waals surface area (Å²) >= 11 is 0. The van der Waals surface area contributed by atoms with Gasteiger partial charge in [-0.15, -0.1) is 0 Å². The lowest BCUT2D eigenvalue weighted by molar-refractivity contribution is -0.127. The van der Waals surface area contributed by atoms with Gasteiger partial charge in [0.1, 0.15) is 11.9 Å². The third-order valence-corrected chi connectivity index (χ3v) is 6.02. The molecule has 1 atom stereocenters. The third kappa shape index (κ3) is 5.22. The molecule has 0 spiro atoms. The Labute approximate surface area is 192 Å². The van der Waals surface area contributed by atoms with Crippen molar-refractivity contribution in [3.63, 3.8) is 0 Å². The molecule has 176 valence electrons. The van der Waals surface area contributed by atoms with Crippen molar-refractivity contribution in [1.29, 1.82) is 0 Å². The molecule has 3 aromatic rings. The average molecular weight is 456 g/mol. The predicted molar refractivity (Wildman–Crippen MR) is 124 cm³/mol. The number of alkyl halides is 1. The van der Waals surface area contributed by atoms with E-state index < -0.39 is 6.17 Å². The minimum atomic E-state index is -0.783. The van der Waals surface area contributed by atoms with Gasteiger partial charge in [0.05, 0.1) is 30.9 Å². The molecule has 0 aliphatic carbocycles. The first-order chi connectivity index (χ1) is 15.8. The highest BCUT2D eigenvalue weighted by Crippen LogP contribution is 2.33. The fourth-order valence-corrected chi connectivity index (χ4v) is 4.11. The quantitative estimate of drug-likeness (QED) is 0.650. The molecule has 4 heterocycles. The number of carbonyl (C=O) groups excluding carboxylic acids is 1. The van der Waals surface area contributed by atoms with Gasteiger partial charge in [-0.05, 0) is 43.1 Å². The highest BCUT2D eigenvalue weighted by atomic mass is 19.1. The van der Waals surface area contributed by atoms with Gasteiger partial charge in [-0.3, -0.25) is 9.48 Å². The van der Waals surface area contributed by atoms with Gasteiger partial charge in [0.15, 0.2) is 5.65 Å². The number of hydrogen-bond donors (Lipinski definition) is 1. The van der Waals surface area contributed by atoms with E-state index in [-0.39, 0.29) is 5.91 Å². The molecule has 33 heavy (non-hydrogen) atoms. The normalized spacial score (nSPS) is 18.0. The summed E-state index contributed by atoms with van der Waals surface area (Å²) in [7, 11) is 5.70. The number of halogens is 1. The molecule has 0 saturated carbocycles. The van der Waals surface area contributed by atoms with Gasteiger partial charge < -0.3 is 19.9 Å². The van der Waals surface area contributed by atoms with Gasteiger partial charge in [-0.1, -0.05) is 0 Å². The van der Waals surface area contributed by atoms with Gasteiger partial charge in [0, 0.05) is 39.8 Å². The molecule has 9 nitrogen and oxygen atoms in total. The van der Waals surface area contributed by atoms with Crippen molar-refractivity contribution in [2.45, 2.75) is 32.5 Å². The average Bonchev–Trinajstić information content (AvgIpc) is 3.39. The van der Waals surface area contributed by atoms with Crippen LogP contribution in [0.4, 0.5) is 16.0 Å². The number of likely N-dealkylation sites (N-methyl/N-ethyl adjacent to an activating group) is 1. The van der Waals surface area contributed by atoms with Crippen LogP contribution in [0.3, 0.4) is 0 Å². The second-order valence-electron chi connectivity index (χ2n) is 8.53. The monoisotopic (exact) mass is 455 g/mol. The highest BCUT2D eigenvalue weighted by molar-refractivity contribution is 5.76. The summed E-state index contributed by atoms with van der Waals surface area (Å²) in [4.78, 5) is 23.3. The molecule has 1 fully saturated rings. The molecule has 1 aromatic carbocycles. The Balaban J connectivity index is 0.000000243. The van der Waals surface area contributed by atoms with E-state index in [1.165, 1.54) is 23.0 Å². The highest BCUT2D eigenvalue weighted by Gasteiger charge is 2.23. The first-order valence-electron chi connectivity index (χ1n) is 11.0. The molecule has 1 amide bonds. The lowest BCUT2D eigenvalue weighted by Gasteiger charge is -2.26. The number of carbonyl (C=O) groups is 1. The molecule has 2 aromatic heterocycles. The molecular weight excluding hydrogens is 425 g/mol. The van der Waals surface area contributed by atoms with Crippen LogP contribution in [0.5, 0.6) is 5.75 Å². The zero-order chi connectivity index (χ0) is 23.5. The maximum atomic E-state index is 12.3. The molecule has 0 radical (unpaired) electrons. The number of anilines is 2. The summed E-state index contributed by atoms with van der Waals surface area (Å²) in [5.74, 6) is 1.33. The first-order valence-corrected chi connectivity index (χ1v) is 11.0. The molecule has 10 heteroatoms. The van der Waals surface area contributed by atoms with Gasteiger partial charge >= 0.3 is 0 Å². The smallest absolute Gasteiger partial charge is 0.229 e. The van der Waals surface area contributed by atoms with Crippen LogP contribution < -0.4 is 10.1 Å². The summed E-state index contributed by atoms with van der Waals surface area (Å²) in [5, 5.41) is 8.41. The Kier molecular flexibility index (Phi) is 6.73. The third-order valence-electron chi connectivity index (χ3n) is 6.02. The number of aromatic nitrogens is 4. The number of aryl methyl sites for hydroxylation is 1. The van der Waals surface area contributed by atoms with Crippen molar-refractivity contribution in [3.05, 3.63) is 35.7 Å². The second kappa shape index (κ2) is 9.70. The lowest BCUT2D eigenvalue weighted by Crippen LogP contribution is -2.26. The number of likely N-dealkylation sites (tertiary alicyclic amines) is 1. The van der Waals surface area contributed by atoms with Gasteiger partial charge in [0.25, 0.3) is 0 Å². The molecule has 0 bridgehead atoms. The Hall–Kier alpha value is -3.27. The number of benzene rings is 1. The van der Waals surface area contributed by atoms with E-state index in [4.69, 9.17) is 4.74 Å². The SMILES string of the molecule is CC(=O)N1CCC(F)C1.COc1cc2c(cc1Nc1ncc3cnn(C)c3n1)CN(C)CC2. The van der Waals surface area contributed by atoms with Gasteiger partial charge in [-0.25, -0.2) is 9.37 Å². The molecular formula is C23H30FN7O2. The number of ether oxygens (including phenoxy) is 1. The van der Waals surface area contributed by atoms with E-state index >= 15 is 0 Å². The van der Waals surface area contributed by atoms with Crippen molar-refractivity contribution in [2.24, 2.45) is 7.05 Å². The summed E-state index contributed by atoms with van der Waals surface area (Å²) in [6.45, 7) is 4.38. The molecule has 5 rings (SSSR count). The maximum absolute atomic E-state index is 12.3. The standard InChI is InChI=1S/C17H20N6O.C6H10FNO/c1-22-5-4-11-7-15(24-3)14(6-12(11)10-22)20-17-18-8-13-9-19-23(2)16(13)21-17;1-5(9)8-3-2-6(7)4-8/h6-9H,4-5,10H2,1-3H3,(H,18,20,21);6H,2-4H2,1H3. The molecule has 2 aliphatic heterocycles. The van der Waals surface area contributed by atoms with Crippen LogP contribution in [0, 0.1) is 0 Å². The minimum absolute atomic E-state index is 0.0184. The van der Waals surface area contributed by atoms with E-state index in [2.05, 4.69) is 44.5 Å². The number of nitrogens with zero attached hydrogens (tertiary/aromatic N) is 6. The maximum Gasteiger partial charge on any atom is 0.229 e. The van der Waals surface area contributed by atoms with Crippen molar-refractivity contribution >= 4 is 28.6 Å². The van der Waals surface area contributed by atoms with Crippen LogP contribution in [0.1, 0.15) is 24.5 Å². The van der Waals surface area contributed by atoms with Crippen LogP contribution >= 0.6 is 0 Å². The summed E-state index contributed by atoms with van der Waals surface area (Å²) < 4.78 is 19.6. The number of rotatable bonds is 3. The lowest BCUT2D eigenvalue weighted by atomic mass is 9.99. The predicted octanol–water partition coefficient (Wildman–Crippen LogP) is 2.68. The Morgan fingerprint density at radius 2 is 2.03 bits per heavy atom. The van der Waals surface area contributed by atoms with Crippen molar-refractivity contribution < 1.29 is 13.9 Å². The van der Waals surface area contributed by atoms with E-state index in [9.17, 15) is 9.18 Å². The Morgan fingerprint density at radius 1 is 1.21 bits per heavy atom. The second-order valence-corrected chi connectivity index (χ2v) is 8.53. The summed E-state index contributed by atoms with van der Waals surface area (Å²) in [5.41, 5.74) is 4.34. The van der Waals surface area contributed by atoms with Crippen LogP contribution in [0.2, 0.25) is 0 Å². The van der Waals surface area contributed by atoms with Gasteiger partial charge in [-0.2, -0.15) is 10.1 Å². The Bertz CT molecular complexity index is 1150. The van der Waals surface area contributed by atoms with Crippen LogP contribution in [-0.2, 0) is 24.8 Å². The number of amides is 1. The fraction of sp³-hybridized carbons (Fsp3) is 0.478. The van der Waals surface area contributed by atoms with Crippen molar-refractivity contribution in [1.82, 2.24) is 29.5 Å². The van der Waals surface area contributed by atoms with E-state index in [1.54, 1.807) is 24.2 Å². The van der Waals surface area contributed by atoms with Crippen LogP contribution in [0.15, 0.2) is 24.5 Å². The molecule has 1 saturated heterocycles. The van der Waals surface area contributed by atoms with E-state index in [0.29, 0.717) is 25.5 Å².